The molecule has 124 valence electrons. The van der Waals surface area contributed by atoms with Gasteiger partial charge in [-0.15, -0.1) is 0 Å². The van der Waals surface area contributed by atoms with Crippen molar-refractivity contribution in [2.75, 3.05) is 0 Å². The molecule has 2 aromatic carbocycles. The number of rotatable bonds is 5. The van der Waals surface area contributed by atoms with E-state index in [0.29, 0.717) is 5.76 Å². The molecule has 1 N–H and O–H groups in total. The molecule has 0 amide bonds. The van der Waals surface area contributed by atoms with Gasteiger partial charge >= 0.3 is 0 Å². The Balaban J connectivity index is 1.75. The van der Waals surface area contributed by atoms with Gasteiger partial charge in [-0.1, -0.05) is 53.5 Å². The van der Waals surface area contributed by atoms with Gasteiger partial charge < -0.3 is 4.42 Å². The lowest BCUT2D eigenvalue weighted by Crippen LogP contribution is -2.23. The van der Waals surface area contributed by atoms with E-state index in [4.69, 9.17) is 27.6 Å². The Labute approximate surface area is 149 Å². The lowest BCUT2D eigenvalue weighted by molar-refractivity contribution is 0.494. The van der Waals surface area contributed by atoms with Gasteiger partial charge in [0.1, 0.15) is 0 Å². The Hall–Kier alpha value is -1.86. The molecule has 0 radical (unpaired) electrons. The molecule has 0 aliphatic heterocycles. The van der Waals surface area contributed by atoms with Gasteiger partial charge in [0.2, 0.25) is 15.9 Å². The average Bonchev–Trinajstić information content (AvgIpc) is 3.02. The van der Waals surface area contributed by atoms with Gasteiger partial charge in [0.15, 0.2) is 5.76 Å². The quantitative estimate of drug-likeness (QED) is 0.719. The largest absolute Gasteiger partial charge is 0.439 e. The van der Waals surface area contributed by atoms with E-state index in [-0.39, 0.29) is 27.4 Å². The van der Waals surface area contributed by atoms with Gasteiger partial charge in [0, 0.05) is 15.6 Å². The molecule has 3 rings (SSSR count). The second-order valence-electron chi connectivity index (χ2n) is 4.91. The average molecular weight is 383 g/mol. The van der Waals surface area contributed by atoms with Gasteiger partial charge in [-0.05, 0) is 18.2 Å². The third kappa shape index (κ3) is 3.96. The zero-order chi connectivity index (χ0) is 17.2. The minimum atomic E-state index is -3.78. The van der Waals surface area contributed by atoms with Crippen molar-refractivity contribution in [2.24, 2.45) is 0 Å². The molecule has 0 unspecified atom stereocenters. The summed E-state index contributed by atoms with van der Waals surface area (Å²) >= 11 is 11.7. The second-order valence-corrected chi connectivity index (χ2v) is 7.55. The van der Waals surface area contributed by atoms with Crippen LogP contribution in [0.4, 0.5) is 0 Å². The first-order valence-electron chi connectivity index (χ1n) is 6.90. The SMILES string of the molecule is O=S(=O)(NCc1ncc(-c2ccccc2)o1)c1cc(Cl)cc(Cl)c1. The summed E-state index contributed by atoms with van der Waals surface area (Å²) in [7, 11) is -3.78. The maximum Gasteiger partial charge on any atom is 0.241 e. The van der Waals surface area contributed by atoms with E-state index in [9.17, 15) is 8.42 Å². The summed E-state index contributed by atoms with van der Waals surface area (Å²) < 4.78 is 32.5. The molecule has 0 saturated heterocycles. The van der Waals surface area contributed by atoms with Crippen molar-refractivity contribution >= 4 is 33.2 Å². The molecular weight excluding hydrogens is 371 g/mol. The molecule has 0 atom stereocenters. The van der Waals surface area contributed by atoms with E-state index in [2.05, 4.69) is 9.71 Å². The van der Waals surface area contributed by atoms with E-state index >= 15 is 0 Å². The van der Waals surface area contributed by atoms with Crippen LogP contribution >= 0.6 is 23.2 Å². The minimum Gasteiger partial charge on any atom is -0.439 e. The first kappa shape index (κ1) is 17.0. The number of halogens is 2. The molecule has 0 spiro atoms. The predicted molar refractivity (Wildman–Crippen MR) is 92.4 cm³/mol. The number of sulfonamides is 1. The van der Waals surface area contributed by atoms with Crippen LogP contribution in [0.15, 0.2) is 64.0 Å². The fraction of sp³-hybridized carbons (Fsp3) is 0.0625. The highest BCUT2D eigenvalue weighted by Gasteiger charge is 2.17. The second kappa shape index (κ2) is 6.94. The van der Waals surface area contributed by atoms with E-state index in [1.807, 2.05) is 30.3 Å². The summed E-state index contributed by atoms with van der Waals surface area (Å²) in [6, 6.07) is 13.5. The van der Waals surface area contributed by atoms with Crippen molar-refractivity contribution < 1.29 is 12.8 Å². The van der Waals surface area contributed by atoms with E-state index in [1.54, 1.807) is 6.20 Å². The number of nitrogens with one attached hydrogen (secondary N) is 1. The maximum absolute atomic E-state index is 12.3. The van der Waals surface area contributed by atoms with Crippen molar-refractivity contribution in [3.05, 3.63) is 70.7 Å². The zero-order valence-electron chi connectivity index (χ0n) is 12.2. The lowest BCUT2D eigenvalue weighted by Gasteiger charge is -2.06. The third-order valence-corrected chi connectivity index (χ3v) is 4.99. The fourth-order valence-electron chi connectivity index (χ4n) is 2.05. The molecule has 0 aliphatic rings. The normalized spacial score (nSPS) is 11.6. The van der Waals surface area contributed by atoms with E-state index < -0.39 is 10.0 Å². The number of hydrogen-bond donors (Lipinski definition) is 1. The van der Waals surface area contributed by atoms with Crippen LogP contribution in [0.2, 0.25) is 10.0 Å². The molecule has 1 heterocycles. The summed E-state index contributed by atoms with van der Waals surface area (Å²) in [5.41, 5.74) is 0.862. The van der Waals surface area contributed by atoms with Crippen molar-refractivity contribution in [1.29, 1.82) is 0 Å². The summed E-state index contributed by atoms with van der Waals surface area (Å²) in [5, 5.41) is 0.482. The molecule has 0 saturated carbocycles. The van der Waals surface area contributed by atoms with Crippen molar-refractivity contribution in [2.45, 2.75) is 11.4 Å². The molecule has 0 bridgehead atoms. The molecule has 5 nitrogen and oxygen atoms in total. The van der Waals surface area contributed by atoms with Crippen molar-refractivity contribution in [3.63, 3.8) is 0 Å². The number of oxazole rings is 1. The Morgan fingerprint density at radius 1 is 1.04 bits per heavy atom. The predicted octanol–water partition coefficient (Wildman–Crippen LogP) is 4.13. The van der Waals surface area contributed by atoms with Crippen LogP contribution in [-0.4, -0.2) is 13.4 Å². The van der Waals surface area contributed by atoms with Crippen LogP contribution < -0.4 is 4.72 Å². The smallest absolute Gasteiger partial charge is 0.241 e. The summed E-state index contributed by atoms with van der Waals surface area (Å²) in [6.07, 6.45) is 1.55. The molecule has 24 heavy (non-hydrogen) atoms. The fourth-order valence-corrected chi connectivity index (χ4v) is 3.75. The van der Waals surface area contributed by atoms with Crippen LogP contribution in [0, 0.1) is 0 Å². The van der Waals surface area contributed by atoms with E-state index in [0.717, 1.165) is 5.56 Å². The summed E-state index contributed by atoms with van der Waals surface area (Å²) in [5.74, 6) is 0.821. The molecule has 3 aromatic rings. The van der Waals surface area contributed by atoms with Crippen LogP contribution in [0.5, 0.6) is 0 Å². The third-order valence-electron chi connectivity index (χ3n) is 3.17. The Morgan fingerprint density at radius 3 is 2.38 bits per heavy atom. The standard InChI is InChI=1S/C16H12Cl2N2O3S/c17-12-6-13(18)8-14(7-12)24(21,22)20-10-16-19-9-15(23-16)11-4-2-1-3-5-11/h1-9,20H,10H2. The van der Waals surface area contributed by atoms with Crippen LogP contribution in [0.3, 0.4) is 0 Å². The van der Waals surface area contributed by atoms with Gasteiger partial charge in [-0.2, -0.15) is 0 Å². The highest BCUT2D eigenvalue weighted by atomic mass is 35.5. The zero-order valence-corrected chi connectivity index (χ0v) is 14.6. The Kier molecular flexibility index (Phi) is 4.91. The first-order valence-corrected chi connectivity index (χ1v) is 9.14. The minimum absolute atomic E-state index is 0.0187. The maximum atomic E-state index is 12.3. The van der Waals surface area contributed by atoms with Crippen LogP contribution in [-0.2, 0) is 16.6 Å². The van der Waals surface area contributed by atoms with Crippen molar-refractivity contribution in [1.82, 2.24) is 9.71 Å². The molecule has 1 aromatic heterocycles. The first-order chi connectivity index (χ1) is 11.4. The Bertz CT molecular complexity index is 936. The van der Waals surface area contributed by atoms with Gasteiger partial charge in [-0.3, -0.25) is 0 Å². The van der Waals surface area contributed by atoms with Gasteiger partial charge in [0.25, 0.3) is 0 Å². The lowest BCUT2D eigenvalue weighted by atomic mass is 10.2. The van der Waals surface area contributed by atoms with Gasteiger partial charge in [-0.25, -0.2) is 18.1 Å². The molecule has 0 aliphatic carbocycles. The number of benzene rings is 2. The number of aromatic nitrogens is 1. The number of hydrogen-bond acceptors (Lipinski definition) is 4. The highest BCUT2D eigenvalue weighted by Crippen LogP contribution is 2.23. The monoisotopic (exact) mass is 382 g/mol. The van der Waals surface area contributed by atoms with Crippen LogP contribution in [0.25, 0.3) is 11.3 Å². The number of nitrogens with zero attached hydrogens (tertiary/aromatic N) is 1. The van der Waals surface area contributed by atoms with Crippen LogP contribution in [0.1, 0.15) is 5.89 Å². The highest BCUT2D eigenvalue weighted by molar-refractivity contribution is 7.89. The van der Waals surface area contributed by atoms with Gasteiger partial charge in [0.05, 0.1) is 17.6 Å². The van der Waals surface area contributed by atoms with E-state index in [1.165, 1.54) is 18.2 Å². The topological polar surface area (TPSA) is 72.2 Å². The molecule has 0 fully saturated rings. The Morgan fingerprint density at radius 2 is 1.71 bits per heavy atom. The summed E-state index contributed by atoms with van der Waals surface area (Å²) in [6.45, 7) is -0.0840. The summed E-state index contributed by atoms with van der Waals surface area (Å²) in [4.78, 5) is 4.06. The van der Waals surface area contributed by atoms with Crippen molar-refractivity contribution in [3.8, 4) is 11.3 Å². The molecule has 8 heteroatoms. The molecular formula is C16H12Cl2N2O3S.